The molecule has 0 aliphatic rings. The Bertz CT molecular complexity index is 1090. The Labute approximate surface area is 164 Å². The maximum absolute atomic E-state index is 11.6. The third-order valence-corrected chi connectivity index (χ3v) is 4.55. The topological polar surface area (TPSA) is 95.2 Å². The first-order chi connectivity index (χ1) is 12.9. The van der Waals surface area contributed by atoms with E-state index in [0.717, 1.165) is 5.56 Å². The highest BCUT2D eigenvalue weighted by Gasteiger charge is 2.17. The predicted octanol–water partition coefficient (Wildman–Crippen LogP) is 4.73. The number of nitriles is 1. The van der Waals surface area contributed by atoms with E-state index in [9.17, 15) is 15.2 Å². The van der Waals surface area contributed by atoms with E-state index in [1.807, 2.05) is 12.1 Å². The van der Waals surface area contributed by atoms with E-state index in [0.29, 0.717) is 39.5 Å². The van der Waals surface area contributed by atoms with Crippen LogP contribution in [-0.4, -0.2) is 23.2 Å². The lowest BCUT2D eigenvalue weighted by atomic mass is 10.1. The van der Waals surface area contributed by atoms with Gasteiger partial charge in [-0.15, -0.1) is 0 Å². The summed E-state index contributed by atoms with van der Waals surface area (Å²) in [6.45, 7) is 0.303. The predicted molar refractivity (Wildman–Crippen MR) is 104 cm³/mol. The van der Waals surface area contributed by atoms with E-state index in [1.54, 1.807) is 18.2 Å². The van der Waals surface area contributed by atoms with Gasteiger partial charge in [0.05, 0.1) is 40.0 Å². The quantitative estimate of drug-likeness (QED) is 0.641. The number of hydrogen-bond donors (Lipinski definition) is 2. The first-order valence-electron chi connectivity index (χ1n) is 7.76. The summed E-state index contributed by atoms with van der Waals surface area (Å²) in [5.41, 5.74) is 1.86. The normalized spacial score (nSPS) is 10.4. The summed E-state index contributed by atoms with van der Waals surface area (Å²) >= 11 is 12.3. The Morgan fingerprint density at radius 2 is 2.07 bits per heavy atom. The number of aromatic carboxylic acids is 1. The van der Waals surface area contributed by atoms with Gasteiger partial charge in [-0.3, -0.25) is 4.98 Å². The Morgan fingerprint density at radius 1 is 1.30 bits per heavy atom. The Morgan fingerprint density at radius 3 is 2.70 bits per heavy atom. The van der Waals surface area contributed by atoms with Crippen LogP contribution in [0.25, 0.3) is 10.9 Å². The van der Waals surface area contributed by atoms with Crippen molar-refractivity contribution >= 4 is 45.8 Å². The van der Waals surface area contributed by atoms with Crippen molar-refractivity contribution in [1.82, 2.24) is 4.98 Å². The molecule has 0 aliphatic heterocycles. The second-order valence-corrected chi connectivity index (χ2v) is 6.45. The van der Waals surface area contributed by atoms with E-state index in [4.69, 9.17) is 27.9 Å². The molecule has 0 saturated carbocycles. The summed E-state index contributed by atoms with van der Waals surface area (Å²) < 4.78 is 5.13. The molecule has 2 aromatic carbocycles. The fraction of sp³-hybridized carbons (Fsp3) is 0.105. The zero-order valence-electron chi connectivity index (χ0n) is 14.1. The number of carboxylic acids is 1. The van der Waals surface area contributed by atoms with Crippen LogP contribution in [-0.2, 0) is 6.54 Å². The molecule has 1 aromatic heterocycles. The van der Waals surface area contributed by atoms with Crippen LogP contribution in [0.4, 0.5) is 5.69 Å². The van der Waals surface area contributed by atoms with Crippen molar-refractivity contribution in [2.45, 2.75) is 6.54 Å². The van der Waals surface area contributed by atoms with Crippen molar-refractivity contribution in [3.05, 3.63) is 63.3 Å². The van der Waals surface area contributed by atoms with Crippen molar-refractivity contribution in [2.75, 3.05) is 12.4 Å². The number of ether oxygens (including phenoxy) is 1. The number of hydrogen-bond acceptors (Lipinski definition) is 5. The van der Waals surface area contributed by atoms with Crippen LogP contribution >= 0.6 is 23.2 Å². The second kappa shape index (κ2) is 7.70. The SMILES string of the molecule is COc1ccc(CNc2c(C(=O)O)cnc3c(Cl)cc(C#N)cc23)cc1Cl. The molecule has 6 nitrogen and oxygen atoms in total. The number of benzene rings is 2. The molecule has 27 heavy (non-hydrogen) atoms. The molecule has 0 spiro atoms. The van der Waals surface area contributed by atoms with Crippen LogP contribution in [0.1, 0.15) is 21.5 Å². The summed E-state index contributed by atoms with van der Waals surface area (Å²) in [5.74, 6) is -0.593. The van der Waals surface area contributed by atoms with Crippen molar-refractivity contribution in [2.24, 2.45) is 0 Å². The van der Waals surface area contributed by atoms with Crippen molar-refractivity contribution in [3.63, 3.8) is 0 Å². The molecule has 0 radical (unpaired) electrons. The summed E-state index contributed by atoms with van der Waals surface area (Å²) in [4.78, 5) is 15.8. The second-order valence-electron chi connectivity index (χ2n) is 5.64. The number of nitrogens with one attached hydrogen (secondary N) is 1. The van der Waals surface area contributed by atoms with E-state index < -0.39 is 5.97 Å². The highest BCUT2D eigenvalue weighted by molar-refractivity contribution is 6.35. The van der Waals surface area contributed by atoms with Gasteiger partial charge in [0.15, 0.2) is 0 Å². The molecule has 2 N–H and O–H groups in total. The maximum Gasteiger partial charge on any atom is 0.339 e. The summed E-state index contributed by atoms with van der Waals surface area (Å²) in [6, 6.07) is 10.3. The number of carbonyl (C=O) groups is 1. The average molecular weight is 402 g/mol. The van der Waals surface area contributed by atoms with Gasteiger partial charge in [-0.25, -0.2) is 4.79 Å². The number of carboxylic acid groups (broad SMARTS) is 1. The van der Waals surface area contributed by atoms with Crippen LogP contribution in [0.15, 0.2) is 36.5 Å². The first kappa shape index (κ1) is 18.8. The van der Waals surface area contributed by atoms with Gasteiger partial charge in [0.2, 0.25) is 0 Å². The molecule has 0 fully saturated rings. The van der Waals surface area contributed by atoms with Crippen molar-refractivity contribution in [1.29, 1.82) is 5.26 Å². The third kappa shape index (κ3) is 3.75. The molecular weight excluding hydrogens is 389 g/mol. The number of anilines is 1. The number of fused-ring (bicyclic) bond motifs is 1. The van der Waals surface area contributed by atoms with E-state index >= 15 is 0 Å². The minimum atomic E-state index is -1.14. The molecular formula is C19H13Cl2N3O3. The Balaban J connectivity index is 2.07. The molecule has 3 rings (SSSR count). The summed E-state index contributed by atoms with van der Waals surface area (Å²) in [5, 5.41) is 23.0. The Kier molecular flexibility index (Phi) is 5.36. The maximum atomic E-state index is 11.6. The van der Waals surface area contributed by atoms with E-state index in [2.05, 4.69) is 10.3 Å². The average Bonchev–Trinajstić information content (AvgIpc) is 2.65. The third-order valence-electron chi connectivity index (χ3n) is 3.97. The monoisotopic (exact) mass is 401 g/mol. The lowest BCUT2D eigenvalue weighted by molar-refractivity contribution is 0.0697. The fourth-order valence-electron chi connectivity index (χ4n) is 2.69. The van der Waals surface area contributed by atoms with Gasteiger partial charge >= 0.3 is 5.97 Å². The van der Waals surface area contributed by atoms with Crippen LogP contribution in [0.3, 0.4) is 0 Å². The molecule has 3 aromatic rings. The molecule has 0 aliphatic carbocycles. The zero-order chi connectivity index (χ0) is 19.6. The van der Waals surface area contributed by atoms with Gasteiger partial charge in [-0.1, -0.05) is 29.3 Å². The first-order valence-corrected chi connectivity index (χ1v) is 8.52. The lowest BCUT2D eigenvalue weighted by Crippen LogP contribution is -2.08. The molecule has 0 amide bonds. The number of nitrogens with zero attached hydrogens (tertiary/aromatic N) is 2. The van der Waals surface area contributed by atoms with Crippen molar-refractivity contribution < 1.29 is 14.6 Å². The molecule has 8 heteroatoms. The number of pyridine rings is 1. The molecule has 1 heterocycles. The van der Waals surface area contributed by atoms with Gasteiger partial charge in [-0.05, 0) is 29.8 Å². The standard InChI is InChI=1S/C19H13Cl2N3O3/c1-27-16-3-2-10(5-14(16)20)8-23-17-12-4-11(7-22)6-15(21)18(12)24-9-13(17)19(25)26/h2-6,9H,8H2,1H3,(H,23,24)(H,25,26). The zero-order valence-corrected chi connectivity index (χ0v) is 15.6. The number of aromatic nitrogens is 1. The molecule has 136 valence electrons. The summed E-state index contributed by atoms with van der Waals surface area (Å²) in [7, 11) is 1.53. The van der Waals surface area contributed by atoms with E-state index in [-0.39, 0.29) is 10.6 Å². The fourth-order valence-corrected chi connectivity index (χ4v) is 3.24. The van der Waals surface area contributed by atoms with Crippen molar-refractivity contribution in [3.8, 4) is 11.8 Å². The lowest BCUT2D eigenvalue weighted by Gasteiger charge is -2.14. The van der Waals surface area contributed by atoms with Crippen LogP contribution in [0.5, 0.6) is 5.75 Å². The molecule has 0 saturated heterocycles. The van der Waals surface area contributed by atoms with Gasteiger partial charge < -0.3 is 15.2 Å². The molecule has 0 atom stereocenters. The smallest absolute Gasteiger partial charge is 0.339 e. The van der Waals surface area contributed by atoms with Gasteiger partial charge in [0.1, 0.15) is 11.3 Å². The summed E-state index contributed by atoms with van der Waals surface area (Å²) in [6.07, 6.45) is 1.24. The largest absolute Gasteiger partial charge is 0.495 e. The number of rotatable bonds is 5. The molecule has 0 bridgehead atoms. The van der Waals surface area contributed by atoms with Gasteiger partial charge in [-0.2, -0.15) is 5.26 Å². The minimum Gasteiger partial charge on any atom is -0.495 e. The van der Waals surface area contributed by atoms with Crippen LogP contribution < -0.4 is 10.1 Å². The number of methoxy groups -OCH3 is 1. The highest BCUT2D eigenvalue weighted by Crippen LogP contribution is 2.32. The Hall–Kier alpha value is -3.01. The minimum absolute atomic E-state index is 0.0201. The van der Waals surface area contributed by atoms with Gasteiger partial charge in [0, 0.05) is 18.1 Å². The van der Waals surface area contributed by atoms with Crippen LogP contribution in [0, 0.1) is 11.3 Å². The highest BCUT2D eigenvalue weighted by atomic mass is 35.5. The molecule has 0 unspecified atom stereocenters. The van der Waals surface area contributed by atoms with E-state index in [1.165, 1.54) is 19.4 Å². The van der Waals surface area contributed by atoms with Gasteiger partial charge in [0.25, 0.3) is 0 Å². The number of halogens is 2. The van der Waals surface area contributed by atoms with Crippen LogP contribution in [0.2, 0.25) is 10.0 Å².